The largest absolute Gasteiger partial charge is 0.338 e. The molecule has 4 amide bonds. The Morgan fingerprint density at radius 1 is 0.538 bits per heavy atom. The summed E-state index contributed by atoms with van der Waals surface area (Å²) in [7, 11) is 0. The van der Waals surface area contributed by atoms with Crippen molar-refractivity contribution in [2.24, 2.45) is 35.5 Å². The molecule has 12 heteroatoms. The summed E-state index contributed by atoms with van der Waals surface area (Å²) in [4.78, 5) is 59.8. The van der Waals surface area contributed by atoms with Crippen molar-refractivity contribution in [3.8, 4) is 0 Å². The maximum absolute atomic E-state index is 11.9. The molecular formula is C40H72N8O4. The molecule has 0 atom stereocenters. The summed E-state index contributed by atoms with van der Waals surface area (Å²) in [6.07, 6.45) is 14.3. The van der Waals surface area contributed by atoms with E-state index in [2.05, 4.69) is 96.6 Å². The van der Waals surface area contributed by atoms with Gasteiger partial charge < -0.3 is 10.6 Å². The SMILES string of the molecule is Cc1cc(=O)[nH]c(NC(=O)NCCCC(CCC(C)C)CCC(C)C)n1.Cc1cc(=O)[nH]c(NC(=O)NCCCC(CCC(C)C)CCC(C)C)n1. The standard InChI is InChI=1S/2C20H36N4O2/c2*1-14(2)8-10-17(11-9-15(3)4)7-6-12-21-20(26)24-19-22-16(5)13-18(25)23-19/h2*13-15,17H,6-12H2,1-5H3,(H3,21,22,23,24,25,26). The van der Waals surface area contributed by atoms with Crippen LogP contribution in [0.4, 0.5) is 21.5 Å². The first-order valence-corrected chi connectivity index (χ1v) is 19.8. The number of nitrogens with one attached hydrogen (secondary N) is 6. The van der Waals surface area contributed by atoms with Crippen LogP contribution in [-0.4, -0.2) is 45.1 Å². The van der Waals surface area contributed by atoms with Crippen LogP contribution in [0.3, 0.4) is 0 Å². The summed E-state index contributed by atoms with van der Waals surface area (Å²) in [5.41, 5.74) is 0.598. The summed E-state index contributed by atoms with van der Waals surface area (Å²) in [6, 6.07) is 2.11. The van der Waals surface area contributed by atoms with Crippen LogP contribution in [0, 0.1) is 49.4 Å². The van der Waals surface area contributed by atoms with Gasteiger partial charge in [-0.1, -0.05) is 107 Å². The van der Waals surface area contributed by atoms with Gasteiger partial charge in [0.1, 0.15) is 0 Å². The van der Waals surface area contributed by atoms with Crippen molar-refractivity contribution in [3.63, 3.8) is 0 Å². The molecule has 52 heavy (non-hydrogen) atoms. The van der Waals surface area contributed by atoms with Gasteiger partial charge in [0.25, 0.3) is 11.1 Å². The van der Waals surface area contributed by atoms with Gasteiger partial charge in [0.05, 0.1) is 0 Å². The minimum absolute atomic E-state index is 0.180. The molecule has 0 unspecified atom stereocenters. The highest BCUT2D eigenvalue weighted by Crippen LogP contribution is 2.25. The van der Waals surface area contributed by atoms with E-state index < -0.39 is 0 Å². The lowest BCUT2D eigenvalue weighted by Gasteiger charge is -2.19. The summed E-state index contributed by atoms with van der Waals surface area (Å²) >= 11 is 0. The van der Waals surface area contributed by atoms with Crippen molar-refractivity contribution in [2.45, 2.75) is 146 Å². The van der Waals surface area contributed by atoms with E-state index in [9.17, 15) is 19.2 Å². The van der Waals surface area contributed by atoms with Gasteiger partial charge in [0.2, 0.25) is 11.9 Å². The number of rotatable bonds is 22. The number of aromatic nitrogens is 4. The van der Waals surface area contributed by atoms with Crippen LogP contribution in [-0.2, 0) is 0 Å². The molecule has 2 aromatic heterocycles. The fourth-order valence-electron chi connectivity index (χ4n) is 5.91. The van der Waals surface area contributed by atoms with Gasteiger partial charge in [-0.25, -0.2) is 19.6 Å². The summed E-state index contributed by atoms with van der Waals surface area (Å²) in [5, 5.41) is 10.8. The van der Waals surface area contributed by atoms with E-state index in [1.54, 1.807) is 13.8 Å². The van der Waals surface area contributed by atoms with Crippen LogP contribution in [0.1, 0.15) is 144 Å². The fraction of sp³-hybridized carbons (Fsp3) is 0.750. The van der Waals surface area contributed by atoms with Crippen LogP contribution >= 0.6 is 0 Å². The van der Waals surface area contributed by atoms with Gasteiger partial charge in [-0.05, 0) is 75.0 Å². The molecule has 0 saturated carbocycles. The highest BCUT2D eigenvalue weighted by Gasteiger charge is 2.13. The zero-order valence-corrected chi connectivity index (χ0v) is 34.0. The molecule has 0 aromatic carbocycles. The molecular weight excluding hydrogens is 656 g/mol. The van der Waals surface area contributed by atoms with Gasteiger partial charge >= 0.3 is 12.1 Å². The minimum Gasteiger partial charge on any atom is -0.338 e. The van der Waals surface area contributed by atoms with Crippen molar-refractivity contribution in [2.75, 3.05) is 23.7 Å². The van der Waals surface area contributed by atoms with Crippen molar-refractivity contribution < 1.29 is 9.59 Å². The summed E-state index contributed by atoms with van der Waals surface area (Å²) in [6.45, 7) is 22.9. The van der Waals surface area contributed by atoms with Crippen LogP contribution in [0.2, 0.25) is 0 Å². The third-order valence-corrected chi connectivity index (χ3v) is 8.96. The molecule has 12 nitrogen and oxygen atoms in total. The zero-order valence-electron chi connectivity index (χ0n) is 34.0. The third-order valence-electron chi connectivity index (χ3n) is 8.96. The number of amides is 4. The highest BCUT2D eigenvalue weighted by atomic mass is 16.2. The van der Waals surface area contributed by atoms with Crippen molar-refractivity contribution in [1.82, 2.24) is 30.6 Å². The average Bonchev–Trinajstić information content (AvgIpc) is 3.02. The Morgan fingerprint density at radius 2 is 0.846 bits per heavy atom. The molecule has 0 radical (unpaired) electrons. The summed E-state index contributed by atoms with van der Waals surface area (Å²) in [5.74, 6) is 4.79. The molecule has 2 heterocycles. The lowest BCUT2D eigenvalue weighted by molar-refractivity contribution is 0.250. The molecule has 2 rings (SSSR count). The number of urea groups is 2. The smallest absolute Gasteiger partial charge is 0.321 e. The first-order chi connectivity index (χ1) is 24.5. The number of hydrogen-bond donors (Lipinski definition) is 6. The van der Waals surface area contributed by atoms with E-state index in [0.29, 0.717) is 24.5 Å². The quantitative estimate of drug-likeness (QED) is 0.0660. The van der Waals surface area contributed by atoms with Crippen LogP contribution in [0.15, 0.2) is 21.7 Å². The molecule has 0 spiro atoms. The average molecular weight is 729 g/mol. The number of hydrogen-bond acceptors (Lipinski definition) is 6. The van der Waals surface area contributed by atoms with E-state index in [4.69, 9.17) is 0 Å². The third kappa shape index (κ3) is 24.5. The Hall–Kier alpha value is -3.70. The normalized spacial score (nSPS) is 11.4. The number of carbonyl (C=O) groups is 2. The second-order valence-corrected chi connectivity index (χ2v) is 16.1. The molecule has 0 aliphatic carbocycles. The number of aromatic amines is 2. The van der Waals surface area contributed by atoms with Gasteiger partial charge in [0.15, 0.2) is 0 Å². The first-order valence-electron chi connectivity index (χ1n) is 19.8. The van der Waals surface area contributed by atoms with Gasteiger partial charge in [-0.15, -0.1) is 0 Å². The number of anilines is 2. The first kappa shape index (κ1) is 46.3. The number of carbonyl (C=O) groups excluding carboxylic acids is 2. The van der Waals surface area contributed by atoms with Gasteiger partial charge in [0, 0.05) is 36.6 Å². The molecule has 2 aromatic rings. The van der Waals surface area contributed by atoms with Gasteiger partial charge in [-0.3, -0.25) is 30.2 Å². The number of H-pyrrole nitrogens is 2. The van der Waals surface area contributed by atoms with Gasteiger partial charge in [-0.2, -0.15) is 0 Å². The minimum atomic E-state index is -0.334. The van der Waals surface area contributed by atoms with Crippen molar-refractivity contribution >= 4 is 24.0 Å². The Balaban J connectivity index is 0.000000520. The molecule has 296 valence electrons. The van der Waals surface area contributed by atoms with Crippen LogP contribution in [0.25, 0.3) is 0 Å². The van der Waals surface area contributed by atoms with E-state index in [1.165, 1.54) is 63.5 Å². The topological polar surface area (TPSA) is 174 Å². The van der Waals surface area contributed by atoms with Crippen LogP contribution in [0.5, 0.6) is 0 Å². The Bertz CT molecular complexity index is 1270. The lowest BCUT2D eigenvalue weighted by atomic mass is 9.88. The second kappa shape index (κ2) is 26.1. The fourth-order valence-corrected chi connectivity index (χ4v) is 5.91. The summed E-state index contributed by atoms with van der Waals surface area (Å²) < 4.78 is 0. The van der Waals surface area contributed by atoms with Crippen molar-refractivity contribution in [3.05, 3.63) is 44.2 Å². The Labute approximate surface area is 313 Å². The molecule has 0 fully saturated rings. The predicted molar refractivity (Wildman–Crippen MR) is 215 cm³/mol. The molecule has 0 bridgehead atoms. The monoisotopic (exact) mass is 729 g/mol. The van der Waals surface area contributed by atoms with E-state index >= 15 is 0 Å². The maximum atomic E-state index is 11.9. The molecule has 6 N–H and O–H groups in total. The van der Waals surface area contributed by atoms with E-state index in [-0.39, 0.29) is 35.1 Å². The van der Waals surface area contributed by atoms with Crippen LogP contribution < -0.4 is 32.4 Å². The molecule has 0 saturated heterocycles. The predicted octanol–water partition coefficient (Wildman–Crippen LogP) is 8.94. The van der Waals surface area contributed by atoms with E-state index in [1.807, 2.05) is 0 Å². The second-order valence-electron chi connectivity index (χ2n) is 16.1. The number of nitrogens with zero attached hydrogens (tertiary/aromatic N) is 2. The maximum Gasteiger partial charge on any atom is 0.321 e. The highest BCUT2D eigenvalue weighted by molar-refractivity contribution is 5.87. The Morgan fingerprint density at radius 3 is 1.12 bits per heavy atom. The van der Waals surface area contributed by atoms with E-state index in [0.717, 1.165) is 61.2 Å². The zero-order chi connectivity index (χ0) is 39.1. The number of aryl methyl sites for hydroxylation is 2. The van der Waals surface area contributed by atoms with Crippen molar-refractivity contribution in [1.29, 1.82) is 0 Å². The molecule has 0 aliphatic heterocycles. The molecule has 0 aliphatic rings. The Kier molecular flexibility index (Phi) is 23.3. The lowest BCUT2D eigenvalue weighted by Crippen LogP contribution is -2.31.